The van der Waals surface area contributed by atoms with Crippen LogP contribution in [-0.2, 0) is 0 Å². The number of ether oxygens (including phenoxy) is 1. The predicted octanol–water partition coefficient (Wildman–Crippen LogP) is 0.811. The molecule has 0 spiro atoms. The van der Waals surface area contributed by atoms with E-state index in [2.05, 4.69) is 9.72 Å². The van der Waals surface area contributed by atoms with E-state index in [0.717, 1.165) is 6.07 Å². The van der Waals surface area contributed by atoms with Crippen molar-refractivity contribution in [3.63, 3.8) is 0 Å². The molecule has 2 N–H and O–H groups in total. The van der Waals surface area contributed by atoms with Crippen LogP contribution in [0.4, 0.5) is 10.1 Å². The lowest BCUT2D eigenvalue weighted by Gasteiger charge is -1.98. The molecule has 0 atom stereocenters. The van der Waals surface area contributed by atoms with Gasteiger partial charge < -0.3 is 10.5 Å². The molecule has 0 bridgehead atoms. The summed E-state index contributed by atoms with van der Waals surface area (Å²) < 4.78 is 17.2. The molecule has 10 heavy (non-hydrogen) atoms. The molecule has 0 unspecified atom stereocenters. The van der Waals surface area contributed by atoms with Gasteiger partial charge in [-0.3, -0.25) is 0 Å². The third kappa shape index (κ3) is 1.15. The van der Waals surface area contributed by atoms with Crippen LogP contribution < -0.4 is 10.5 Å². The maximum Gasteiger partial charge on any atom is 0.216 e. The Kier molecular flexibility index (Phi) is 1.71. The number of nitrogen functional groups attached to an aromatic ring is 1. The number of aromatic nitrogens is 1. The van der Waals surface area contributed by atoms with E-state index in [1.165, 1.54) is 13.3 Å². The van der Waals surface area contributed by atoms with Crippen LogP contribution in [-0.4, -0.2) is 12.1 Å². The number of halogens is 1. The summed E-state index contributed by atoms with van der Waals surface area (Å²) in [5.41, 5.74) is 5.18. The van der Waals surface area contributed by atoms with Crippen LogP contribution >= 0.6 is 0 Å². The summed E-state index contributed by atoms with van der Waals surface area (Å²) in [4.78, 5) is 3.67. The van der Waals surface area contributed by atoms with Gasteiger partial charge in [0.05, 0.1) is 19.0 Å². The van der Waals surface area contributed by atoms with Gasteiger partial charge in [-0.25, -0.2) is 9.37 Å². The minimum atomic E-state index is -0.508. The third-order valence-electron chi connectivity index (χ3n) is 1.07. The Morgan fingerprint density at radius 1 is 1.70 bits per heavy atom. The summed E-state index contributed by atoms with van der Waals surface area (Å²) in [6, 6.07) is 1.13. The van der Waals surface area contributed by atoms with E-state index in [1.807, 2.05) is 0 Å². The van der Waals surface area contributed by atoms with Crippen LogP contribution in [0.25, 0.3) is 0 Å². The Hall–Kier alpha value is -1.32. The first kappa shape index (κ1) is 6.80. The molecule has 4 heteroatoms. The zero-order valence-corrected chi connectivity index (χ0v) is 5.47. The summed E-state index contributed by atoms with van der Waals surface area (Å²) in [5, 5.41) is 0. The van der Waals surface area contributed by atoms with Crippen LogP contribution in [0.2, 0.25) is 0 Å². The van der Waals surface area contributed by atoms with Crippen molar-refractivity contribution in [2.45, 2.75) is 0 Å². The van der Waals surface area contributed by atoms with Crippen molar-refractivity contribution in [3.8, 4) is 5.88 Å². The largest absolute Gasteiger partial charge is 0.481 e. The van der Waals surface area contributed by atoms with Gasteiger partial charge in [-0.05, 0) is 0 Å². The number of rotatable bonds is 1. The molecule has 1 rings (SSSR count). The highest BCUT2D eigenvalue weighted by molar-refractivity contribution is 5.38. The maximum atomic E-state index is 12.5. The number of methoxy groups -OCH3 is 1. The molecule has 0 aliphatic carbocycles. The Morgan fingerprint density at radius 2 is 2.40 bits per heavy atom. The quantitative estimate of drug-likeness (QED) is 0.631. The highest BCUT2D eigenvalue weighted by Crippen LogP contribution is 2.12. The number of anilines is 1. The third-order valence-corrected chi connectivity index (χ3v) is 1.07. The second-order valence-corrected chi connectivity index (χ2v) is 1.75. The van der Waals surface area contributed by atoms with E-state index in [-0.39, 0.29) is 11.6 Å². The molecule has 0 radical (unpaired) electrons. The fourth-order valence-corrected chi connectivity index (χ4v) is 0.535. The second kappa shape index (κ2) is 2.51. The van der Waals surface area contributed by atoms with Crippen molar-refractivity contribution >= 4 is 5.69 Å². The molecule has 0 aliphatic heterocycles. The van der Waals surface area contributed by atoms with E-state index in [0.29, 0.717) is 0 Å². The monoisotopic (exact) mass is 142 g/mol. The molecule has 0 saturated carbocycles. The molecule has 0 fully saturated rings. The summed E-state index contributed by atoms with van der Waals surface area (Å²) in [5.74, 6) is -0.279. The van der Waals surface area contributed by atoms with Crippen molar-refractivity contribution in [2.24, 2.45) is 0 Å². The van der Waals surface area contributed by atoms with Gasteiger partial charge in [-0.1, -0.05) is 0 Å². The normalized spacial score (nSPS) is 9.40. The van der Waals surface area contributed by atoms with Crippen molar-refractivity contribution in [1.29, 1.82) is 0 Å². The molecule has 3 nitrogen and oxygen atoms in total. The molecular weight excluding hydrogens is 135 g/mol. The van der Waals surface area contributed by atoms with Gasteiger partial charge in [0, 0.05) is 6.07 Å². The molecule has 1 heterocycles. The zero-order valence-electron chi connectivity index (χ0n) is 5.47. The van der Waals surface area contributed by atoms with E-state index < -0.39 is 5.82 Å². The van der Waals surface area contributed by atoms with Crippen LogP contribution in [0.5, 0.6) is 5.88 Å². The predicted molar refractivity (Wildman–Crippen MR) is 35.2 cm³/mol. The van der Waals surface area contributed by atoms with Gasteiger partial charge in [0.15, 0.2) is 5.82 Å². The molecule has 0 aliphatic rings. The standard InChI is InChI=1S/C6H7FN2O/c1-10-6-2-4(7)5(8)3-9-6/h2-3H,8H2,1H3. The Bertz CT molecular complexity index is 239. The van der Waals surface area contributed by atoms with Crippen molar-refractivity contribution in [2.75, 3.05) is 12.8 Å². The number of nitrogens with two attached hydrogens (primary N) is 1. The van der Waals surface area contributed by atoms with Gasteiger partial charge in [-0.15, -0.1) is 0 Å². The molecule has 0 saturated heterocycles. The SMILES string of the molecule is COc1cc(F)c(N)cn1. The van der Waals surface area contributed by atoms with Gasteiger partial charge in [0.2, 0.25) is 5.88 Å². The van der Waals surface area contributed by atoms with Gasteiger partial charge >= 0.3 is 0 Å². The fourth-order valence-electron chi connectivity index (χ4n) is 0.535. The minimum absolute atomic E-state index is 0.0285. The molecule has 54 valence electrons. The smallest absolute Gasteiger partial charge is 0.216 e. The summed E-state index contributed by atoms with van der Waals surface area (Å²) in [7, 11) is 1.41. The molecule has 0 aromatic carbocycles. The molecule has 1 aromatic heterocycles. The van der Waals surface area contributed by atoms with Crippen molar-refractivity contribution in [1.82, 2.24) is 4.98 Å². The minimum Gasteiger partial charge on any atom is -0.481 e. The first-order valence-corrected chi connectivity index (χ1v) is 2.69. The first-order chi connectivity index (χ1) is 4.74. The van der Waals surface area contributed by atoms with Crippen LogP contribution in [0.3, 0.4) is 0 Å². The highest BCUT2D eigenvalue weighted by atomic mass is 19.1. The van der Waals surface area contributed by atoms with Crippen LogP contribution in [0, 0.1) is 5.82 Å². The van der Waals surface area contributed by atoms with Gasteiger partial charge in [0.1, 0.15) is 0 Å². The average molecular weight is 142 g/mol. The van der Waals surface area contributed by atoms with Crippen LogP contribution in [0.15, 0.2) is 12.3 Å². The molecular formula is C6H7FN2O. The van der Waals surface area contributed by atoms with Gasteiger partial charge in [-0.2, -0.15) is 0 Å². The van der Waals surface area contributed by atoms with Crippen molar-refractivity contribution in [3.05, 3.63) is 18.1 Å². The van der Waals surface area contributed by atoms with E-state index in [9.17, 15) is 4.39 Å². The topological polar surface area (TPSA) is 48.1 Å². The van der Waals surface area contributed by atoms with E-state index in [4.69, 9.17) is 5.73 Å². The maximum absolute atomic E-state index is 12.5. The lowest BCUT2D eigenvalue weighted by Crippen LogP contribution is -1.94. The summed E-state index contributed by atoms with van der Waals surface area (Å²) >= 11 is 0. The molecule has 0 amide bonds. The summed E-state index contributed by atoms with van der Waals surface area (Å²) in [6.45, 7) is 0. The highest BCUT2D eigenvalue weighted by Gasteiger charge is 1.99. The van der Waals surface area contributed by atoms with Gasteiger partial charge in [0.25, 0.3) is 0 Å². The number of pyridine rings is 1. The van der Waals surface area contributed by atoms with E-state index in [1.54, 1.807) is 0 Å². The Balaban J connectivity index is 3.04. The zero-order chi connectivity index (χ0) is 7.56. The lowest BCUT2D eigenvalue weighted by molar-refractivity contribution is 0.394. The Morgan fingerprint density at radius 3 is 2.90 bits per heavy atom. The number of hydrogen-bond donors (Lipinski definition) is 1. The second-order valence-electron chi connectivity index (χ2n) is 1.75. The summed E-state index contributed by atoms with van der Waals surface area (Å²) in [6.07, 6.45) is 1.22. The number of nitrogens with zero attached hydrogens (tertiary/aromatic N) is 1. The first-order valence-electron chi connectivity index (χ1n) is 2.69. The van der Waals surface area contributed by atoms with Crippen molar-refractivity contribution < 1.29 is 9.13 Å². The Labute approximate surface area is 57.6 Å². The van der Waals surface area contributed by atoms with Crippen LogP contribution in [0.1, 0.15) is 0 Å². The fraction of sp³-hybridized carbons (Fsp3) is 0.167. The lowest BCUT2D eigenvalue weighted by atomic mass is 10.4. The molecule has 1 aromatic rings. The van der Waals surface area contributed by atoms with E-state index >= 15 is 0 Å². The average Bonchev–Trinajstić information content (AvgIpc) is 1.95. The number of hydrogen-bond acceptors (Lipinski definition) is 3.